The van der Waals surface area contributed by atoms with Crippen molar-refractivity contribution in [1.29, 1.82) is 0 Å². The minimum atomic E-state index is 0.142. The van der Waals surface area contributed by atoms with Crippen LogP contribution in [0.3, 0.4) is 0 Å². The number of aromatic nitrogens is 1. The number of amides is 1. The first-order valence-electron chi connectivity index (χ1n) is 7.99. The van der Waals surface area contributed by atoms with Gasteiger partial charge in [0.2, 0.25) is 5.91 Å². The summed E-state index contributed by atoms with van der Waals surface area (Å²) in [6.07, 6.45) is 5.20. The van der Waals surface area contributed by atoms with Crippen molar-refractivity contribution in [3.8, 4) is 0 Å². The van der Waals surface area contributed by atoms with Crippen LogP contribution in [0.5, 0.6) is 0 Å². The van der Waals surface area contributed by atoms with Crippen LogP contribution in [0.15, 0.2) is 29.4 Å². The third-order valence-corrected chi connectivity index (χ3v) is 3.59. The Hall–Kier alpha value is -2.11. The average Bonchev–Trinajstić information content (AvgIpc) is 2.59. The van der Waals surface area contributed by atoms with Crippen LogP contribution in [0.1, 0.15) is 31.9 Å². The van der Waals surface area contributed by atoms with Gasteiger partial charge in [0.15, 0.2) is 5.96 Å². The van der Waals surface area contributed by atoms with Gasteiger partial charge in [-0.1, -0.05) is 6.07 Å². The number of likely N-dealkylation sites (tertiary alicyclic amines) is 1. The Morgan fingerprint density at radius 3 is 2.77 bits per heavy atom. The predicted octanol–water partition coefficient (Wildman–Crippen LogP) is 1.15. The van der Waals surface area contributed by atoms with Gasteiger partial charge in [0.25, 0.3) is 0 Å². The van der Waals surface area contributed by atoms with Gasteiger partial charge < -0.3 is 15.5 Å². The third kappa shape index (κ3) is 5.35. The Morgan fingerprint density at radius 1 is 1.27 bits per heavy atom. The van der Waals surface area contributed by atoms with Crippen LogP contribution in [0.2, 0.25) is 0 Å². The van der Waals surface area contributed by atoms with E-state index in [1.807, 2.05) is 30.0 Å². The maximum absolute atomic E-state index is 12.1. The highest BCUT2D eigenvalue weighted by Crippen LogP contribution is 2.08. The van der Waals surface area contributed by atoms with Crippen molar-refractivity contribution in [2.24, 2.45) is 4.99 Å². The molecular weight excluding hydrogens is 278 g/mol. The lowest BCUT2D eigenvalue weighted by Gasteiger charge is -2.27. The fourth-order valence-electron chi connectivity index (χ4n) is 2.41. The molecule has 1 saturated heterocycles. The van der Waals surface area contributed by atoms with E-state index in [0.717, 1.165) is 38.2 Å². The summed E-state index contributed by atoms with van der Waals surface area (Å²) in [5, 5.41) is 6.26. The van der Waals surface area contributed by atoms with Crippen molar-refractivity contribution in [2.75, 3.05) is 26.2 Å². The molecule has 2 N–H and O–H groups in total. The number of carbonyl (C=O) groups is 1. The summed E-state index contributed by atoms with van der Waals surface area (Å²) in [4.78, 5) is 22.8. The molecule has 6 nitrogen and oxygen atoms in total. The lowest BCUT2D eigenvalue weighted by atomic mass is 10.1. The number of carbonyl (C=O) groups excluding carboxylic acids is 1. The smallest absolute Gasteiger partial charge is 0.241 e. The van der Waals surface area contributed by atoms with E-state index in [4.69, 9.17) is 0 Å². The van der Waals surface area contributed by atoms with Crippen molar-refractivity contribution >= 4 is 11.9 Å². The monoisotopic (exact) mass is 303 g/mol. The number of nitrogens with zero attached hydrogens (tertiary/aromatic N) is 3. The van der Waals surface area contributed by atoms with Crippen LogP contribution in [0.4, 0.5) is 0 Å². The maximum atomic E-state index is 12.1. The summed E-state index contributed by atoms with van der Waals surface area (Å²) >= 11 is 0. The van der Waals surface area contributed by atoms with E-state index in [-0.39, 0.29) is 12.5 Å². The van der Waals surface area contributed by atoms with Crippen molar-refractivity contribution in [3.05, 3.63) is 30.1 Å². The zero-order valence-corrected chi connectivity index (χ0v) is 13.2. The van der Waals surface area contributed by atoms with E-state index in [1.54, 1.807) is 6.20 Å². The zero-order chi connectivity index (χ0) is 15.6. The topological polar surface area (TPSA) is 69.6 Å². The first kappa shape index (κ1) is 16.3. The van der Waals surface area contributed by atoms with E-state index in [0.29, 0.717) is 12.5 Å². The SMILES string of the molecule is CCNC(=NCc1ccccn1)NCC(=O)N1CCCCC1. The maximum Gasteiger partial charge on any atom is 0.241 e. The van der Waals surface area contributed by atoms with Gasteiger partial charge in [-0.25, -0.2) is 4.99 Å². The van der Waals surface area contributed by atoms with Crippen LogP contribution >= 0.6 is 0 Å². The quantitative estimate of drug-likeness (QED) is 0.632. The summed E-state index contributed by atoms with van der Waals surface area (Å²) in [6, 6.07) is 5.76. The molecule has 1 aromatic rings. The van der Waals surface area contributed by atoms with E-state index in [9.17, 15) is 4.79 Å². The molecular formula is C16H25N5O. The van der Waals surface area contributed by atoms with Crippen LogP contribution in [-0.2, 0) is 11.3 Å². The summed E-state index contributed by atoms with van der Waals surface area (Å²) < 4.78 is 0. The number of guanidine groups is 1. The molecule has 0 atom stereocenters. The number of nitrogens with one attached hydrogen (secondary N) is 2. The van der Waals surface area contributed by atoms with Gasteiger partial charge in [0.05, 0.1) is 18.8 Å². The summed E-state index contributed by atoms with van der Waals surface area (Å²) in [7, 11) is 0. The van der Waals surface area contributed by atoms with E-state index >= 15 is 0 Å². The van der Waals surface area contributed by atoms with E-state index in [1.165, 1.54) is 6.42 Å². The first-order chi connectivity index (χ1) is 10.8. The highest BCUT2D eigenvalue weighted by Gasteiger charge is 2.16. The minimum absolute atomic E-state index is 0.142. The lowest BCUT2D eigenvalue weighted by molar-refractivity contribution is -0.130. The second kappa shape index (κ2) is 9.02. The highest BCUT2D eigenvalue weighted by atomic mass is 16.2. The van der Waals surface area contributed by atoms with Gasteiger partial charge in [-0.05, 0) is 38.3 Å². The van der Waals surface area contributed by atoms with Crippen LogP contribution < -0.4 is 10.6 Å². The van der Waals surface area contributed by atoms with Crippen LogP contribution in [0.25, 0.3) is 0 Å². The van der Waals surface area contributed by atoms with E-state index in [2.05, 4.69) is 20.6 Å². The molecule has 6 heteroatoms. The average molecular weight is 303 g/mol. The molecule has 120 valence electrons. The molecule has 1 aromatic heterocycles. The molecule has 1 aliphatic rings. The number of piperidine rings is 1. The predicted molar refractivity (Wildman–Crippen MR) is 87.5 cm³/mol. The molecule has 2 rings (SSSR count). The van der Waals surface area contributed by atoms with Crippen LogP contribution in [0, 0.1) is 0 Å². The van der Waals surface area contributed by atoms with Crippen molar-refractivity contribution in [1.82, 2.24) is 20.5 Å². The Kier molecular flexibility index (Phi) is 6.67. The first-order valence-corrected chi connectivity index (χ1v) is 7.99. The number of rotatable bonds is 5. The van der Waals surface area contributed by atoms with Gasteiger partial charge in [-0.15, -0.1) is 0 Å². The molecule has 2 heterocycles. The molecule has 1 amide bonds. The molecule has 0 bridgehead atoms. The molecule has 1 aliphatic heterocycles. The lowest BCUT2D eigenvalue weighted by Crippen LogP contribution is -2.46. The van der Waals surface area contributed by atoms with Crippen LogP contribution in [-0.4, -0.2) is 47.9 Å². The highest BCUT2D eigenvalue weighted by molar-refractivity contribution is 5.86. The van der Waals surface area contributed by atoms with E-state index < -0.39 is 0 Å². The Labute approximate surface area is 132 Å². The Balaban J connectivity index is 1.83. The standard InChI is InChI=1S/C16H25N5O/c1-2-17-16(19-12-14-8-4-5-9-18-14)20-13-15(22)21-10-6-3-7-11-21/h4-5,8-9H,2-3,6-7,10-13H2,1H3,(H2,17,19,20). The zero-order valence-electron chi connectivity index (χ0n) is 13.2. The molecule has 0 aromatic carbocycles. The molecule has 1 fully saturated rings. The third-order valence-electron chi connectivity index (χ3n) is 3.59. The van der Waals surface area contributed by atoms with Crippen molar-refractivity contribution < 1.29 is 4.79 Å². The number of hydrogen-bond acceptors (Lipinski definition) is 3. The summed E-state index contributed by atoms with van der Waals surface area (Å²) in [6.45, 7) is 5.29. The molecule has 0 spiro atoms. The van der Waals surface area contributed by atoms with Gasteiger partial charge in [-0.2, -0.15) is 0 Å². The number of pyridine rings is 1. The Morgan fingerprint density at radius 2 is 2.09 bits per heavy atom. The largest absolute Gasteiger partial charge is 0.357 e. The fourth-order valence-corrected chi connectivity index (χ4v) is 2.41. The molecule has 0 unspecified atom stereocenters. The molecule has 0 saturated carbocycles. The van der Waals surface area contributed by atoms with Gasteiger partial charge in [0, 0.05) is 25.8 Å². The second-order valence-corrected chi connectivity index (χ2v) is 5.31. The summed E-state index contributed by atoms with van der Waals surface area (Å²) in [5.41, 5.74) is 0.905. The normalized spacial score (nSPS) is 15.5. The van der Waals surface area contributed by atoms with Gasteiger partial charge in [0.1, 0.15) is 0 Å². The molecule has 0 aliphatic carbocycles. The van der Waals surface area contributed by atoms with Crippen molar-refractivity contribution in [2.45, 2.75) is 32.7 Å². The minimum Gasteiger partial charge on any atom is -0.357 e. The number of hydrogen-bond donors (Lipinski definition) is 2. The molecule has 22 heavy (non-hydrogen) atoms. The van der Waals surface area contributed by atoms with Gasteiger partial charge in [-0.3, -0.25) is 9.78 Å². The second-order valence-electron chi connectivity index (χ2n) is 5.31. The molecule has 0 radical (unpaired) electrons. The fraction of sp³-hybridized carbons (Fsp3) is 0.562. The number of aliphatic imine (C=N–C) groups is 1. The van der Waals surface area contributed by atoms with Gasteiger partial charge >= 0.3 is 0 Å². The summed E-state index contributed by atoms with van der Waals surface area (Å²) in [5.74, 6) is 0.793. The van der Waals surface area contributed by atoms with Crippen molar-refractivity contribution in [3.63, 3.8) is 0 Å². The Bertz CT molecular complexity index is 483.